The van der Waals surface area contributed by atoms with Gasteiger partial charge in [-0.25, -0.2) is 0 Å². The molecule has 0 aromatic heterocycles. The largest absolute Gasteiger partial charge is 0.491 e. The van der Waals surface area contributed by atoms with Crippen molar-refractivity contribution in [2.75, 3.05) is 19.0 Å². The fourth-order valence-electron chi connectivity index (χ4n) is 2.38. The van der Waals surface area contributed by atoms with Crippen molar-refractivity contribution >= 4 is 52.5 Å². The van der Waals surface area contributed by atoms with Crippen molar-refractivity contribution < 1.29 is 29.3 Å². The zero-order valence-corrected chi connectivity index (χ0v) is 16.7. The number of aliphatic hydroxyl groups is 1. The lowest BCUT2D eigenvalue weighted by molar-refractivity contribution is -0.137. The monoisotopic (exact) mass is 422 g/mol. The van der Waals surface area contributed by atoms with Gasteiger partial charge in [-0.3, -0.25) is 14.4 Å². The Bertz CT molecular complexity index is 665. The van der Waals surface area contributed by atoms with Gasteiger partial charge in [-0.2, -0.15) is 11.8 Å². The number of halogens is 2. The lowest BCUT2D eigenvalue weighted by Crippen LogP contribution is -2.26. The quantitative estimate of drug-likeness (QED) is 0.526. The molecule has 0 aliphatic rings. The summed E-state index contributed by atoms with van der Waals surface area (Å²) in [7, 11) is 0. The van der Waals surface area contributed by atoms with Gasteiger partial charge in [0.25, 0.3) is 0 Å². The van der Waals surface area contributed by atoms with Crippen LogP contribution >= 0.6 is 35.0 Å². The first-order chi connectivity index (χ1) is 12.2. The lowest BCUT2D eigenvalue weighted by atomic mass is 9.92. The van der Waals surface area contributed by atoms with E-state index in [0.29, 0.717) is 11.3 Å². The molecule has 1 atom stereocenters. The van der Waals surface area contributed by atoms with E-state index >= 15 is 0 Å². The average Bonchev–Trinajstić information content (AvgIpc) is 2.54. The number of carbonyl (C=O) groups is 3. The summed E-state index contributed by atoms with van der Waals surface area (Å²) in [6, 6.07) is 3.12. The van der Waals surface area contributed by atoms with Crippen LogP contribution in [0.1, 0.15) is 31.1 Å². The number of ketones is 2. The number of benzene rings is 1. The fraction of sp³-hybridized carbons (Fsp3) is 0.471. The van der Waals surface area contributed by atoms with Gasteiger partial charge in [-0.05, 0) is 25.5 Å². The standard InChI is InChI=1S/C17H20Cl2O6S/c1-9(21)14(10(2)22)17(26-8-6-20)11-3-4-12(16(19)15(11)18)25-7-5-13(23)24/h3-4,14,17,20H,5-8H2,1-2H3,(H,23,24). The Kier molecular flexibility index (Phi) is 9.43. The second-order valence-corrected chi connectivity index (χ2v) is 7.49. The molecule has 144 valence electrons. The molecule has 0 saturated heterocycles. The molecular weight excluding hydrogens is 403 g/mol. The molecule has 0 bridgehead atoms. The first kappa shape index (κ1) is 22.8. The molecule has 1 aromatic rings. The molecule has 1 rings (SSSR count). The van der Waals surface area contributed by atoms with Crippen LogP contribution in [0.5, 0.6) is 5.75 Å². The number of carboxylic acids is 1. The molecule has 2 N–H and O–H groups in total. The van der Waals surface area contributed by atoms with Crippen molar-refractivity contribution in [1.82, 2.24) is 0 Å². The first-order valence-electron chi connectivity index (χ1n) is 7.76. The molecule has 1 aromatic carbocycles. The van der Waals surface area contributed by atoms with E-state index in [4.69, 9.17) is 38.2 Å². The number of thioether (sulfide) groups is 1. The lowest BCUT2D eigenvalue weighted by Gasteiger charge is -2.25. The van der Waals surface area contributed by atoms with Gasteiger partial charge in [-0.15, -0.1) is 0 Å². The molecule has 0 aliphatic heterocycles. The average molecular weight is 423 g/mol. The van der Waals surface area contributed by atoms with Crippen LogP contribution in [0.3, 0.4) is 0 Å². The zero-order chi connectivity index (χ0) is 19.9. The van der Waals surface area contributed by atoms with Gasteiger partial charge in [0.15, 0.2) is 0 Å². The van der Waals surface area contributed by atoms with Crippen LogP contribution in [0.4, 0.5) is 0 Å². The highest BCUT2D eigenvalue weighted by molar-refractivity contribution is 7.99. The molecule has 26 heavy (non-hydrogen) atoms. The van der Waals surface area contributed by atoms with Crippen LogP contribution < -0.4 is 4.74 Å². The molecule has 0 aliphatic carbocycles. The van der Waals surface area contributed by atoms with Crippen molar-refractivity contribution in [2.45, 2.75) is 25.5 Å². The smallest absolute Gasteiger partial charge is 0.306 e. The van der Waals surface area contributed by atoms with E-state index in [-0.39, 0.29) is 47.0 Å². The normalized spacial score (nSPS) is 12.1. The maximum absolute atomic E-state index is 12.0. The maximum atomic E-state index is 12.0. The summed E-state index contributed by atoms with van der Waals surface area (Å²) in [5.41, 5.74) is 0.483. The van der Waals surface area contributed by atoms with Gasteiger partial charge >= 0.3 is 5.97 Å². The third-order valence-corrected chi connectivity index (χ3v) is 5.71. The summed E-state index contributed by atoms with van der Waals surface area (Å²) in [5.74, 6) is -2.00. The van der Waals surface area contributed by atoms with Gasteiger partial charge in [0, 0.05) is 11.0 Å². The summed E-state index contributed by atoms with van der Waals surface area (Å²) in [5, 5.41) is 17.4. The van der Waals surface area contributed by atoms with E-state index in [1.54, 1.807) is 6.07 Å². The molecule has 0 fully saturated rings. The number of aliphatic carboxylic acids is 1. The van der Waals surface area contributed by atoms with Crippen molar-refractivity contribution in [3.63, 3.8) is 0 Å². The zero-order valence-electron chi connectivity index (χ0n) is 14.3. The van der Waals surface area contributed by atoms with Gasteiger partial charge in [0.2, 0.25) is 0 Å². The Balaban J connectivity index is 3.21. The molecule has 9 heteroatoms. The summed E-state index contributed by atoms with van der Waals surface area (Å²) < 4.78 is 5.32. The van der Waals surface area contributed by atoms with Crippen LogP contribution in [0.25, 0.3) is 0 Å². The molecule has 0 heterocycles. The number of carboxylic acid groups (broad SMARTS) is 1. The van der Waals surface area contributed by atoms with Crippen molar-refractivity contribution in [2.24, 2.45) is 5.92 Å². The minimum atomic E-state index is -1.00. The van der Waals surface area contributed by atoms with E-state index in [2.05, 4.69) is 0 Å². The van der Waals surface area contributed by atoms with Crippen LogP contribution in [0, 0.1) is 5.92 Å². The number of rotatable bonds is 11. The van der Waals surface area contributed by atoms with Crippen molar-refractivity contribution in [1.29, 1.82) is 0 Å². The molecule has 0 spiro atoms. The molecule has 0 radical (unpaired) electrons. The molecular formula is C17H20Cl2O6S. The summed E-state index contributed by atoms with van der Waals surface area (Å²) >= 11 is 13.8. The topological polar surface area (TPSA) is 101 Å². The van der Waals surface area contributed by atoms with Crippen molar-refractivity contribution in [3.8, 4) is 5.75 Å². The first-order valence-corrected chi connectivity index (χ1v) is 9.57. The number of Topliss-reactive ketones (excluding diaryl/α,β-unsaturated/α-hetero) is 2. The number of carbonyl (C=O) groups excluding carboxylic acids is 2. The maximum Gasteiger partial charge on any atom is 0.306 e. The molecule has 0 amide bonds. The Morgan fingerprint density at radius 3 is 2.27 bits per heavy atom. The van der Waals surface area contributed by atoms with Crippen LogP contribution in [-0.4, -0.2) is 46.7 Å². The Morgan fingerprint density at radius 2 is 1.77 bits per heavy atom. The van der Waals surface area contributed by atoms with Crippen LogP contribution in [0.15, 0.2) is 12.1 Å². The van der Waals surface area contributed by atoms with E-state index in [9.17, 15) is 14.4 Å². The van der Waals surface area contributed by atoms with Crippen LogP contribution in [-0.2, 0) is 14.4 Å². The highest BCUT2D eigenvalue weighted by Crippen LogP contribution is 2.45. The summed E-state index contributed by atoms with van der Waals surface area (Å²) in [6.45, 7) is 2.47. The second kappa shape index (κ2) is 10.8. The summed E-state index contributed by atoms with van der Waals surface area (Å²) in [6.07, 6.45) is -0.193. The Labute approximate surface area is 165 Å². The third kappa shape index (κ3) is 6.16. The van der Waals surface area contributed by atoms with Gasteiger partial charge < -0.3 is 14.9 Å². The molecule has 1 unspecified atom stereocenters. The van der Waals surface area contributed by atoms with E-state index < -0.39 is 17.1 Å². The van der Waals surface area contributed by atoms with E-state index in [1.807, 2.05) is 0 Å². The second-order valence-electron chi connectivity index (χ2n) is 5.49. The highest BCUT2D eigenvalue weighted by atomic mass is 35.5. The number of ether oxygens (including phenoxy) is 1. The van der Waals surface area contributed by atoms with Crippen molar-refractivity contribution in [3.05, 3.63) is 27.7 Å². The van der Waals surface area contributed by atoms with Crippen LogP contribution in [0.2, 0.25) is 10.0 Å². The van der Waals surface area contributed by atoms with E-state index in [1.165, 1.54) is 31.7 Å². The number of hydrogen-bond acceptors (Lipinski definition) is 6. The Hall–Kier alpha value is -1.28. The predicted octanol–water partition coefficient (Wildman–Crippen LogP) is 3.41. The highest BCUT2D eigenvalue weighted by Gasteiger charge is 2.33. The number of aliphatic hydroxyl groups excluding tert-OH is 1. The molecule has 6 nitrogen and oxygen atoms in total. The minimum absolute atomic E-state index is 0.0725. The SMILES string of the molecule is CC(=O)C(C(C)=O)C(SCCO)c1ccc(OCCC(=O)O)c(Cl)c1Cl. The van der Waals surface area contributed by atoms with Gasteiger partial charge in [-0.1, -0.05) is 29.3 Å². The number of hydrogen-bond donors (Lipinski definition) is 2. The van der Waals surface area contributed by atoms with E-state index in [0.717, 1.165) is 0 Å². The molecule has 0 saturated carbocycles. The third-order valence-electron chi connectivity index (χ3n) is 3.52. The minimum Gasteiger partial charge on any atom is -0.491 e. The fourth-order valence-corrected chi connectivity index (χ4v) is 4.26. The van der Waals surface area contributed by atoms with Gasteiger partial charge in [0.05, 0.1) is 30.6 Å². The Morgan fingerprint density at radius 1 is 1.15 bits per heavy atom. The predicted molar refractivity (Wildman–Crippen MR) is 101 cm³/mol. The summed E-state index contributed by atoms with van der Waals surface area (Å²) in [4.78, 5) is 34.5. The van der Waals surface area contributed by atoms with Gasteiger partial charge in [0.1, 0.15) is 22.3 Å².